The number of benzene rings is 3. The highest BCUT2D eigenvalue weighted by Crippen LogP contribution is 2.42. The monoisotopic (exact) mass is 371 g/mol. The Balaban J connectivity index is 1.89. The fourth-order valence-corrected chi connectivity index (χ4v) is 4.00. The van der Waals surface area contributed by atoms with Gasteiger partial charge in [-0.1, -0.05) is 54.2 Å². The SMILES string of the molecule is Nc1ccc(-c2cccc(-c3ccc(N)cc3)c2Sc2cc[o+]cc2)cc1. The maximum absolute atomic E-state index is 5.87. The Hall–Kier alpha value is -3.24. The van der Waals surface area contributed by atoms with E-state index in [1.165, 1.54) is 4.90 Å². The molecule has 4 aromatic rings. The van der Waals surface area contributed by atoms with Crippen molar-refractivity contribution in [3.8, 4) is 22.3 Å². The molecular weight excluding hydrogens is 352 g/mol. The van der Waals surface area contributed by atoms with Gasteiger partial charge in [-0.05, 0) is 46.5 Å². The Morgan fingerprint density at radius 1 is 0.593 bits per heavy atom. The lowest BCUT2D eigenvalue weighted by Gasteiger charge is -2.15. The van der Waals surface area contributed by atoms with E-state index in [9.17, 15) is 0 Å². The fourth-order valence-electron chi connectivity index (χ4n) is 2.93. The van der Waals surface area contributed by atoms with E-state index in [1.54, 1.807) is 24.3 Å². The average molecular weight is 371 g/mol. The minimum atomic E-state index is 0.757. The van der Waals surface area contributed by atoms with Crippen LogP contribution in [-0.2, 0) is 0 Å². The van der Waals surface area contributed by atoms with Crippen molar-refractivity contribution in [2.45, 2.75) is 9.79 Å². The normalized spacial score (nSPS) is 10.7. The largest absolute Gasteiger partial charge is 0.399 e. The van der Waals surface area contributed by atoms with E-state index in [0.717, 1.165) is 38.5 Å². The van der Waals surface area contributed by atoms with Crippen molar-refractivity contribution in [3.05, 3.63) is 91.4 Å². The highest BCUT2D eigenvalue weighted by atomic mass is 32.2. The van der Waals surface area contributed by atoms with Crippen LogP contribution in [0.3, 0.4) is 0 Å². The summed E-state index contributed by atoms with van der Waals surface area (Å²) >= 11 is 1.72. The van der Waals surface area contributed by atoms with Gasteiger partial charge in [0.1, 0.15) is 0 Å². The number of nitrogens with two attached hydrogens (primary N) is 2. The molecule has 0 bridgehead atoms. The molecule has 0 amide bonds. The van der Waals surface area contributed by atoms with E-state index in [4.69, 9.17) is 15.9 Å². The van der Waals surface area contributed by atoms with Crippen LogP contribution in [0.25, 0.3) is 22.3 Å². The molecule has 4 rings (SSSR count). The van der Waals surface area contributed by atoms with E-state index in [1.807, 2.05) is 36.4 Å². The summed E-state index contributed by atoms with van der Waals surface area (Å²) in [6.07, 6.45) is 3.38. The molecule has 0 saturated carbocycles. The summed E-state index contributed by atoms with van der Waals surface area (Å²) in [6.45, 7) is 0. The maximum atomic E-state index is 5.87. The van der Waals surface area contributed by atoms with Crippen molar-refractivity contribution in [1.29, 1.82) is 0 Å². The minimum absolute atomic E-state index is 0.757. The Bertz CT molecular complexity index is 982. The summed E-state index contributed by atoms with van der Waals surface area (Å²) in [4.78, 5) is 2.29. The quantitative estimate of drug-likeness (QED) is 0.331. The van der Waals surface area contributed by atoms with Gasteiger partial charge in [0.2, 0.25) is 0 Å². The second-order valence-corrected chi connectivity index (χ2v) is 7.26. The molecular formula is C23H19N2OS+. The molecule has 0 aliphatic heterocycles. The van der Waals surface area contributed by atoms with Gasteiger partial charge in [-0.3, -0.25) is 0 Å². The smallest absolute Gasteiger partial charge is 0.319 e. The van der Waals surface area contributed by atoms with Crippen molar-refractivity contribution in [2.24, 2.45) is 0 Å². The topological polar surface area (TPSA) is 63.3 Å². The van der Waals surface area contributed by atoms with Crippen LogP contribution in [0.2, 0.25) is 0 Å². The molecule has 0 aliphatic carbocycles. The lowest BCUT2D eigenvalue weighted by Crippen LogP contribution is -1.90. The van der Waals surface area contributed by atoms with Gasteiger partial charge < -0.3 is 11.5 Å². The molecule has 0 unspecified atom stereocenters. The van der Waals surface area contributed by atoms with E-state index in [0.29, 0.717) is 0 Å². The van der Waals surface area contributed by atoms with Crippen LogP contribution >= 0.6 is 11.8 Å². The first-order chi connectivity index (χ1) is 13.2. The van der Waals surface area contributed by atoms with Gasteiger partial charge in [-0.25, -0.2) is 4.42 Å². The molecule has 0 aliphatic rings. The molecule has 3 nitrogen and oxygen atoms in total. The van der Waals surface area contributed by atoms with Crippen LogP contribution in [0, 0.1) is 0 Å². The van der Waals surface area contributed by atoms with Crippen molar-refractivity contribution in [2.75, 3.05) is 11.5 Å². The lowest BCUT2D eigenvalue weighted by atomic mass is 9.98. The molecule has 3 aromatic carbocycles. The maximum Gasteiger partial charge on any atom is 0.319 e. The summed E-state index contributed by atoms with van der Waals surface area (Å²) in [5, 5.41) is 0. The third kappa shape index (κ3) is 3.81. The van der Waals surface area contributed by atoms with E-state index in [2.05, 4.69) is 42.5 Å². The number of hydrogen-bond donors (Lipinski definition) is 2. The van der Waals surface area contributed by atoms with Crippen molar-refractivity contribution in [1.82, 2.24) is 0 Å². The van der Waals surface area contributed by atoms with Gasteiger partial charge >= 0.3 is 12.5 Å². The third-order valence-corrected chi connectivity index (χ3v) is 5.45. The summed E-state index contributed by atoms with van der Waals surface area (Å²) in [5.41, 5.74) is 17.8. The minimum Gasteiger partial charge on any atom is -0.399 e. The Morgan fingerprint density at radius 2 is 1.07 bits per heavy atom. The summed E-state index contributed by atoms with van der Waals surface area (Å²) < 4.78 is 5.17. The van der Waals surface area contributed by atoms with Crippen LogP contribution in [0.1, 0.15) is 0 Å². The van der Waals surface area contributed by atoms with Crippen LogP contribution in [0.4, 0.5) is 11.4 Å². The molecule has 0 fully saturated rings. The average Bonchev–Trinajstić information content (AvgIpc) is 2.70. The zero-order chi connectivity index (χ0) is 18.6. The first-order valence-corrected chi connectivity index (χ1v) is 9.40. The van der Waals surface area contributed by atoms with E-state index >= 15 is 0 Å². The molecule has 0 saturated heterocycles. The van der Waals surface area contributed by atoms with Gasteiger partial charge in [0, 0.05) is 33.3 Å². The Kier molecular flexibility index (Phi) is 4.81. The van der Waals surface area contributed by atoms with Crippen LogP contribution in [0.15, 0.2) is 106 Å². The van der Waals surface area contributed by atoms with Crippen molar-refractivity contribution in [3.63, 3.8) is 0 Å². The molecule has 0 spiro atoms. The van der Waals surface area contributed by atoms with Crippen molar-refractivity contribution < 1.29 is 4.42 Å². The standard InChI is InChI=1S/C23H19N2OS/c24-18-8-4-16(5-9-18)21-2-1-3-22(17-6-10-19(25)11-7-17)23(21)27-20-12-14-26-15-13-20/h1-15H,24-25H2/q+1. The van der Waals surface area contributed by atoms with Gasteiger partial charge in [0.05, 0.1) is 0 Å². The molecule has 4 N–H and O–H groups in total. The molecule has 132 valence electrons. The molecule has 0 atom stereocenters. The predicted octanol–water partition coefficient (Wildman–Crippen LogP) is 6.21. The predicted molar refractivity (Wildman–Crippen MR) is 113 cm³/mol. The summed E-state index contributed by atoms with van der Waals surface area (Å²) in [7, 11) is 0. The van der Waals surface area contributed by atoms with E-state index in [-0.39, 0.29) is 0 Å². The molecule has 1 aromatic heterocycles. The number of rotatable bonds is 4. The summed E-state index contributed by atoms with van der Waals surface area (Å²) in [5.74, 6) is 0. The first kappa shape index (κ1) is 17.2. The second kappa shape index (κ2) is 7.56. The van der Waals surface area contributed by atoms with E-state index < -0.39 is 0 Å². The first-order valence-electron chi connectivity index (χ1n) is 8.59. The van der Waals surface area contributed by atoms with Gasteiger partial charge in [-0.15, -0.1) is 0 Å². The zero-order valence-corrected chi connectivity index (χ0v) is 15.4. The number of hydrogen-bond acceptors (Lipinski definition) is 3. The van der Waals surface area contributed by atoms with Crippen LogP contribution in [0.5, 0.6) is 0 Å². The van der Waals surface area contributed by atoms with Gasteiger partial charge in [-0.2, -0.15) is 0 Å². The highest BCUT2D eigenvalue weighted by Gasteiger charge is 2.14. The zero-order valence-electron chi connectivity index (χ0n) is 14.6. The number of anilines is 2. The van der Waals surface area contributed by atoms with Gasteiger partial charge in [0.15, 0.2) is 0 Å². The van der Waals surface area contributed by atoms with Crippen LogP contribution < -0.4 is 11.5 Å². The van der Waals surface area contributed by atoms with Crippen LogP contribution in [-0.4, -0.2) is 0 Å². The number of nitrogen functional groups attached to an aromatic ring is 2. The molecule has 4 heteroatoms. The summed E-state index contributed by atoms with van der Waals surface area (Å²) in [6, 6.07) is 26.3. The Labute approximate surface area is 162 Å². The lowest BCUT2D eigenvalue weighted by molar-refractivity contribution is 0.545. The highest BCUT2D eigenvalue weighted by molar-refractivity contribution is 7.99. The third-order valence-electron chi connectivity index (χ3n) is 4.30. The Morgan fingerprint density at radius 3 is 1.56 bits per heavy atom. The van der Waals surface area contributed by atoms with Gasteiger partial charge in [0.25, 0.3) is 0 Å². The fraction of sp³-hybridized carbons (Fsp3) is 0. The molecule has 0 radical (unpaired) electrons. The molecule has 1 heterocycles. The van der Waals surface area contributed by atoms with Crippen molar-refractivity contribution >= 4 is 23.1 Å². The second-order valence-electron chi connectivity index (χ2n) is 6.17. The molecule has 27 heavy (non-hydrogen) atoms.